The summed E-state index contributed by atoms with van der Waals surface area (Å²) in [5.74, 6) is 0.384. The molecule has 2 aromatic rings. The van der Waals surface area contributed by atoms with Crippen LogP contribution >= 0.6 is 0 Å². The van der Waals surface area contributed by atoms with E-state index in [-0.39, 0.29) is 6.10 Å². The van der Waals surface area contributed by atoms with Crippen molar-refractivity contribution in [2.75, 3.05) is 18.5 Å². The molecule has 3 heterocycles. The fourth-order valence-electron chi connectivity index (χ4n) is 2.38. The molecular weight excluding hydrogens is 285 g/mol. The number of aromatic nitrogens is 3. The van der Waals surface area contributed by atoms with Crippen molar-refractivity contribution < 1.29 is 17.9 Å². The lowest BCUT2D eigenvalue weighted by Crippen LogP contribution is -2.27. The Balaban J connectivity index is 1.79. The number of nitrogens with zero attached hydrogens (tertiary/aromatic N) is 3. The van der Waals surface area contributed by atoms with Gasteiger partial charge in [-0.3, -0.25) is 0 Å². The Kier molecular flexibility index (Phi) is 3.71. The van der Waals surface area contributed by atoms with E-state index in [1.165, 1.54) is 16.9 Å². The molecule has 2 aromatic heterocycles. The molecule has 0 radical (unpaired) electrons. The average Bonchev–Trinajstić information content (AvgIpc) is 2.91. The van der Waals surface area contributed by atoms with Crippen molar-refractivity contribution in [3.05, 3.63) is 24.2 Å². The maximum Gasteiger partial charge on any atom is 0.435 e. The van der Waals surface area contributed by atoms with Crippen molar-refractivity contribution in [2.45, 2.75) is 31.5 Å². The van der Waals surface area contributed by atoms with E-state index in [0.717, 1.165) is 31.9 Å². The zero-order valence-electron chi connectivity index (χ0n) is 11.2. The topological polar surface area (TPSA) is 51.5 Å². The van der Waals surface area contributed by atoms with Crippen LogP contribution in [-0.2, 0) is 10.9 Å². The highest BCUT2D eigenvalue weighted by atomic mass is 19.4. The highest BCUT2D eigenvalue weighted by Gasteiger charge is 2.34. The van der Waals surface area contributed by atoms with E-state index in [0.29, 0.717) is 17.9 Å². The van der Waals surface area contributed by atoms with Crippen LogP contribution in [0, 0.1) is 0 Å². The number of rotatable bonds is 3. The normalized spacial score (nSPS) is 19.9. The van der Waals surface area contributed by atoms with Gasteiger partial charge in [0, 0.05) is 31.6 Å². The Morgan fingerprint density at radius 1 is 1.38 bits per heavy atom. The lowest BCUT2D eigenvalue weighted by Gasteiger charge is -2.23. The van der Waals surface area contributed by atoms with Gasteiger partial charge >= 0.3 is 6.18 Å². The number of fused-ring (bicyclic) bond motifs is 1. The molecule has 1 unspecified atom stereocenters. The number of ether oxygens (including phenoxy) is 1. The Labute approximate surface area is 119 Å². The lowest BCUT2D eigenvalue weighted by atomic mass is 10.1. The quantitative estimate of drug-likeness (QED) is 0.947. The number of anilines is 1. The first kappa shape index (κ1) is 14.1. The second kappa shape index (κ2) is 5.51. The molecule has 0 bridgehead atoms. The molecule has 21 heavy (non-hydrogen) atoms. The van der Waals surface area contributed by atoms with Crippen molar-refractivity contribution in [1.82, 2.24) is 14.6 Å². The van der Waals surface area contributed by atoms with Gasteiger partial charge in [-0.05, 0) is 19.3 Å². The Bertz CT molecular complexity index is 619. The third kappa shape index (κ3) is 3.10. The molecule has 114 valence electrons. The second-order valence-corrected chi connectivity index (χ2v) is 5.00. The van der Waals surface area contributed by atoms with Crippen LogP contribution in [0.3, 0.4) is 0 Å². The van der Waals surface area contributed by atoms with E-state index in [2.05, 4.69) is 15.4 Å². The summed E-state index contributed by atoms with van der Waals surface area (Å²) in [5.41, 5.74) is -0.617. The Hall–Kier alpha value is -1.83. The molecule has 1 aliphatic heterocycles. The van der Waals surface area contributed by atoms with Crippen molar-refractivity contribution >= 4 is 11.3 Å². The first-order valence-corrected chi connectivity index (χ1v) is 6.81. The van der Waals surface area contributed by atoms with Crippen LogP contribution in [0.4, 0.5) is 19.0 Å². The monoisotopic (exact) mass is 300 g/mol. The Morgan fingerprint density at radius 3 is 2.95 bits per heavy atom. The molecule has 0 saturated carbocycles. The van der Waals surface area contributed by atoms with Crippen LogP contribution in [0.15, 0.2) is 18.5 Å². The zero-order valence-corrected chi connectivity index (χ0v) is 11.2. The molecule has 3 rings (SSSR count). The van der Waals surface area contributed by atoms with Gasteiger partial charge in [-0.1, -0.05) is 0 Å². The maximum absolute atomic E-state index is 12.7. The summed E-state index contributed by atoms with van der Waals surface area (Å²) in [4.78, 5) is 4.09. The first-order chi connectivity index (χ1) is 10.0. The van der Waals surface area contributed by atoms with Gasteiger partial charge in [0.15, 0.2) is 11.5 Å². The molecule has 0 amide bonds. The molecule has 1 N–H and O–H groups in total. The largest absolute Gasteiger partial charge is 0.435 e. The van der Waals surface area contributed by atoms with Gasteiger partial charge in [-0.25, -0.2) is 9.50 Å². The van der Waals surface area contributed by atoms with Gasteiger partial charge in [0.25, 0.3) is 0 Å². The van der Waals surface area contributed by atoms with Gasteiger partial charge in [0.2, 0.25) is 0 Å². The minimum absolute atomic E-state index is 0.0748. The number of hydrogen-bond donors (Lipinski definition) is 1. The van der Waals surface area contributed by atoms with Gasteiger partial charge < -0.3 is 10.1 Å². The van der Waals surface area contributed by atoms with E-state index in [1.807, 2.05) is 0 Å². The Morgan fingerprint density at radius 2 is 2.24 bits per heavy atom. The highest BCUT2D eigenvalue weighted by Crippen LogP contribution is 2.30. The third-order valence-electron chi connectivity index (χ3n) is 3.45. The molecule has 1 aliphatic rings. The summed E-state index contributed by atoms with van der Waals surface area (Å²) >= 11 is 0. The minimum atomic E-state index is -4.46. The van der Waals surface area contributed by atoms with Gasteiger partial charge in [-0.15, -0.1) is 0 Å². The van der Waals surface area contributed by atoms with E-state index in [9.17, 15) is 13.2 Å². The predicted octanol–water partition coefficient (Wildman–Crippen LogP) is 2.73. The average molecular weight is 300 g/mol. The highest BCUT2D eigenvalue weighted by molar-refractivity contribution is 5.67. The summed E-state index contributed by atoms with van der Waals surface area (Å²) < 4.78 is 44.9. The first-order valence-electron chi connectivity index (χ1n) is 6.81. The van der Waals surface area contributed by atoms with E-state index >= 15 is 0 Å². The van der Waals surface area contributed by atoms with Gasteiger partial charge in [0.05, 0.1) is 6.10 Å². The summed E-state index contributed by atoms with van der Waals surface area (Å²) in [6.07, 6.45) is 1.54. The SMILES string of the molecule is FC(F)(F)c1cc2c(NCC3CCCCO3)nccn2n1. The van der Waals surface area contributed by atoms with Crippen LogP contribution < -0.4 is 5.32 Å². The fourth-order valence-corrected chi connectivity index (χ4v) is 2.38. The van der Waals surface area contributed by atoms with E-state index in [4.69, 9.17) is 4.74 Å². The predicted molar refractivity (Wildman–Crippen MR) is 70.1 cm³/mol. The summed E-state index contributed by atoms with van der Waals surface area (Å²) in [6, 6.07) is 0.997. The zero-order chi connectivity index (χ0) is 14.9. The van der Waals surface area contributed by atoms with Crippen molar-refractivity contribution in [2.24, 2.45) is 0 Å². The van der Waals surface area contributed by atoms with Crippen LogP contribution in [0.5, 0.6) is 0 Å². The van der Waals surface area contributed by atoms with Crippen molar-refractivity contribution in [1.29, 1.82) is 0 Å². The van der Waals surface area contributed by atoms with Crippen LogP contribution in [-0.4, -0.2) is 33.9 Å². The maximum atomic E-state index is 12.7. The molecule has 8 heteroatoms. The van der Waals surface area contributed by atoms with Gasteiger partial charge in [0.1, 0.15) is 5.52 Å². The van der Waals surface area contributed by atoms with E-state index in [1.54, 1.807) is 0 Å². The fraction of sp³-hybridized carbons (Fsp3) is 0.538. The molecule has 5 nitrogen and oxygen atoms in total. The molecule has 0 aromatic carbocycles. The standard InChI is InChI=1S/C13H15F3N4O/c14-13(15,16)11-7-10-12(17-4-5-20(10)19-11)18-8-9-3-1-2-6-21-9/h4-5,7,9H,1-3,6,8H2,(H,17,18). The molecule has 0 aliphatic carbocycles. The van der Waals surface area contributed by atoms with E-state index < -0.39 is 11.9 Å². The van der Waals surface area contributed by atoms with Crippen molar-refractivity contribution in [3.8, 4) is 0 Å². The summed E-state index contributed by atoms with van der Waals surface area (Å²) in [5, 5.41) is 6.58. The van der Waals surface area contributed by atoms with Gasteiger partial charge in [-0.2, -0.15) is 18.3 Å². The smallest absolute Gasteiger partial charge is 0.376 e. The molecule has 1 saturated heterocycles. The number of nitrogens with one attached hydrogen (secondary N) is 1. The van der Waals surface area contributed by atoms with Crippen molar-refractivity contribution in [3.63, 3.8) is 0 Å². The summed E-state index contributed by atoms with van der Waals surface area (Å²) in [7, 11) is 0. The number of hydrogen-bond acceptors (Lipinski definition) is 4. The minimum Gasteiger partial charge on any atom is -0.376 e. The molecule has 1 fully saturated rings. The number of alkyl halides is 3. The van der Waals surface area contributed by atoms with Crippen LogP contribution in [0.1, 0.15) is 25.0 Å². The third-order valence-corrected chi connectivity index (χ3v) is 3.45. The molecular formula is C13H15F3N4O. The molecule has 1 atom stereocenters. The van der Waals surface area contributed by atoms with Crippen LogP contribution in [0.25, 0.3) is 5.52 Å². The summed E-state index contributed by atoms with van der Waals surface area (Å²) in [6.45, 7) is 1.26. The van der Waals surface area contributed by atoms with Crippen LogP contribution in [0.2, 0.25) is 0 Å². The lowest BCUT2D eigenvalue weighted by molar-refractivity contribution is -0.141. The number of halogens is 3. The second-order valence-electron chi connectivity index (χ2n) is 5.00. The molecule has 0 spiro atoms.